The first-order valence-corrected chi connectivity index (χ1v) is 4.75. The minimum absolute atomic E-state index is 0.0140. The number of rotatable bonds is 4. The van der Waals surface area contributed by atoms with E-state index in [-0.39, 0.29) is 6.04 Å². The average Bonchev–Trinajstić information content (AvgIpc) is 2.18. The molecular formula is C11H17NO2. The van der Waals surface area contributed by atoms with Gasteiger partial charge in [0.1, 0.15) is 0 Å². The minimum Gasteiger partial charge on any atom is -0.493 e. The van der Waals surface area contributed by atoms with Crippen LogP contribution in [0.5, 0.6) is 11.5 Å². The molecular weight excluding hydrogens is 178 g/mol. The minimum atomic E-state index is 0.0140. The smallest absolute Gasteiger partial charge is 0.161 e. The Morgan fingerprint density at radius 2 is 2.07 bits per heavy atom. The van der Waals surface area contributed by atoms with E-state index in [0.29, 0.717) is 6.61 Å². The van der Waals surface area contributed by atoms with Crippen molar-refractivity contribution in [1.82, 2.24) is 0 Å². The van der Waals surface area contributed by atoms with Crippen molar-refractivity contribution in [2.45, 2.75) is 19.9 Å². The zero-order chi connectivity index (χ0) is 10.6. The van der Waals surface area contributed by atoms with Crippen molar-refractivity contribution < 1.29 is 9.47 Å². The highest BCUT2D eigenvalue weighted by Crippen LogP contribution is 2.29. The summed E-state index contributed by atoms with van der Waals surface area (Å²) in [5, 5.41) is 0. The van der Waals surface area contributed by atoms with Crippen molar-refractivity contribution in [3.8, 4) is 11.5 Å². The summed E-state index contributed by atoms with van der Waals surface area (Å²) >= 11 is 0. The van der Waals surface area contributed by atoms with E-state index >= 15 is 0 Å². The van der Waals surface area contributed by atoms with Gasteiger partial charge in [0, 0.05) is 6.04 Å². The van der Waals surface area contributed by atoms with Gasteiger partial charge >= 0.3 is 0 Å². The maximum absolute atomic E-state index is 5.77. The lowest BCUT2D eigenvalue weighted by molar-refractivity contribution is 0.310. The van der Waals surface area contributed by atoms with Crippen LogP contribution in [0.1, 0.15) is 25.5 Å². The average molecular weight is 195 g/mol. The molecule has 0 heterocycles. The van der Waals surface area contributed by atoms with Crippen LogP contribution in [-0.4, -0.2) is 13.7 Å². The highest BCUT2D eigenvalue weighted by molar-refractivity contribution is 5.43. The summed E-state index contributed by atoms with van der Waals surface area (Å²) in [4.78, 5) is 0. The van der Waals surface area contributed by atoms with E-state index < -0.39 is 0 Å². The molecule has 0 radical (unpaired) electrons. The molecule has 78 valence electrons. The highest BCUT2D eigenvalue weighted by atomic mass is 16.5. The van der Waals surface area contributed by atoms with E-state index in [4.69, 9.17) is 15.2 Å². The number of hydrogen-bond acceptors (Lipinski definition) is 3. The standard InChI is InChI=1S/C11H17NO2/c1-4-14-11-7-9(8(2)12)5-6-10(11)13-3/h5-8H,4,12H2,1-3H3/t8-/m0/s1. The Bertz CT molecular complexity index is 297. The predicted molar refractivity (Wildman–Crippen MR) is 56.8 cm³/mol. The van der Waals surface area contributed by atoms with Crippen molar-refractivity contribution in [2.24, 2.45) is 5.73 Å². The lowest BCUT2D eigenvalue weighted by atomic mass is 10.1. The lowest BCUT2D eigenvalue weighted by Gasteiger charge is -2.12. The molecule has 0 aliphatic heterocycles. The Labute approximate surface area is 84.8 Å². The number of ether oxygens (including phenoxy) is 2. The molecule has 3 nitrogen and oxygen atoms in total. The second-order valence-corrected chi connectivity index (χ2v) is 3.13. The van der Waals surface area contributed by atoms with Crippen LogP contribution < -0.4 is 15.2 Å². The van der Waals surface area contributed by atoms with E-state index in [2.05, 4.69) is 0 Å². The molecule has 1 rings (SSSR count). The molecule has 0 saturated carbocycles. The van der Waals surface area contributed by atoms with Gasteiger partial charge in [0.25, 0.3) is 0 Å². The summed E-state index contributed by atoms with van der Waals surface area (Å²) in [5.41, 5.74) is 6.82. The second-order valence-electron chi connectivity index (χ2n) is 3.13. The largest absolute Gasteiger partial charge is 0.493 e. The number of nitrogens with two attached hydrogens (primary N) is 1. The molecule has 0 aromatic heterocycles. The first-order valence-electron chi connectivity index (χ1n) is 4.75. The molecule has 0 amide bonds. The number of benzene rings is 1. The third-order valence-corrected chi connectivity index (χ3v) is 2.01. The molecule has 14 heavy (non-hydrogen) atoms. The molecule has 0 unspecified atom stereocenters. The summed E-state index contributed by atoms with van der Waals surface area (Å²) in [6.07, 6.45) is 0. The molecule has 2 N–H and O–H groups in total. The summed E-state index contributed by atoms with van der Waals surface area (Å²) in [6.45, 7) is 4.51. The van der Waals surface area contributed by atoms with Gasteiger partial charge in [-0.05, 0) is 31.5 Å². The van der Waals surface area contributed by atoms with Crippen LogP contribution in [-0.2, 0) is 0 Å². The van der Waals surface area contributed by atoms with Crippen molar-refractivity contribution in [3.63, 3.8) is 0 Å². The topological polar surface area (TPSA) is 44.5 Å². The maximum Gasteiger partial charge on any atom is 0.161 e. The molecule has 3 heteroatoms. The molecule has 0 spiro atoms. The van der Waals surface area contributed by atoms with Crippen LogP contribution in [0.4, 0.5) is 0 Å². The summed E-state index contributed by atoms with van der Waals surface area (Å²) in [6, 6.07) is 5.77. The fourth-order valence-electron chi connectivity index (χ4n) is 1.24. The summed E-state index contributed by atoms with van der Waals surface area (Å²) in [5.74, 6) is 1.50. The molecule has 1 atom stereocenters. The van der Waals surface area contributed by atoms with Gasteiger partial charge in [0.05, 0.1) is 13.7 Å². The van der Waals surface area contributed by atoms with Gasteiger partial charge in [0.15, 0.2) is 11.5 Å². The summed E-state index contributed by atoms with van der Waals surface area (Å²) < 4.78 is 10.6. The molecule has 0 saturated heterocycles. The van der Waals surface area contributed by atoms with Crippen LogP contribution in [0, 0.1) is 0 Å². The van der Waals surface area contributed by atoms with E-state index in [1.54, 1.807) is 7.11 Å². The van der Waals surface area contributed by atoms with Gasteiger partial charge in [-0.3, -0.25) is 0 Å². The van der Waals surface area contributed by atoms with Gasteiger partial charge in [-0.1, -0.05) is 6.07 Å². The van der Waals surface area contributed by atoms with Gasteiger partial charge in [-0.15, -0.1) is 0 Å². The third kappa shape index (κ3) is 2.39. The maximum atomic E-state index is 5.77. The zero-order valence-electron chi connectivity index (χ0n) is 8.91. The fourth-order valence-corrected chi connectivity index (χ4v) is 1.24. The van der Waals surface area contributed by atoms with Crippen LogP contribution >= 0.6 is 0 Å². The zero-order valence-corrected chi connectivity index (χ0v) is 8.91. The Balaban J connectivity index is 3.01. The van der Waals surface area contributed by atoms with Gasteiger partial charge in [-0.2, -0.15) is 0 Å². The van der Waals surface area contributed by atoms with Crippen molar-refractivity contribution >= 4 is 0 Å². The van der Waals surface area contributed by atoms with Crippen LogP contribution in [0.3, 0.4) is 0 Å². The molecule has 0 fully saturated rings. The second kappa shape index (κ2) is 4.86. The van der Waals surface area contributed by atoms with Crippen molar-refractivity contribution in [1.29, 1.82) is 0 Å². The van der Waals surface area contributed by atoms with Gasteiger partial charge in [0.2, 0.25) is 0 Å². The lowest BCUT2D eigenvalue weighted by Crippen LogP contribution is -2.05. The molecule has 1 aromatic carbocycles. The van der Waals surface area contributed by atoms with E-state index in [9.17, 15) is 0 Å². The normalized spacial score (nSPS) is 12.3. The Morgan fingerprint density at radius 1 is 1.36 bits per heavy atom. The van der Waals surface area contributed by atoms with Crippen molar-refractivity contribution in [3.05, 3.63) is 23.8 Å². The summed E-state index contributed by atoms with van der Waals surface area (Å²) in [7, 11) is 1.63. The monoisotopic (exact) mass is 195 g/mol. The SMILES string of the molecule is CCOc1cc([C@H](C)N)ccc1OC. The van der Waals surface area contributed by atoms with Crippen LogP contribution in [0.25, 0.3) is 0 Å². The molecule has 0 aliphatic carbocycles. The third-order valence-electron chi connectivity index (χ3n) is 2.01. The molecule has 0 aliphatic rings. The van der Waals surface area contributed by atoms with Crippen LogP contribution in [0.15, 0.2) is 18.2 Å². The van der Waals surface area contributed by atoms with E-state index in [0.717, 1.165) is 17.1 Å². The Kier molecular flexibility index (Phi) is 3.77. The fraction of sp³-hybridized carbons (Fsp3) is 0.455. The van der Waals surface area contributed by atoms with Gasteiger partial charge in [-0.25, -0.2) is 0 Å². The van der Waals surface area contributed by atoms with E-state index in [1.807, 2.05) is 32.0 Å². The first kappa shape index (κ1) is 10.9. The predicted octanol–water partition coefficient (Wildman–Crippen LogP) is 2.11. The quantitative estimate of drug-likeness (QED) is 0.800. The van der Waals surface area contributed by atoms with E-state index in [1.165, 1.54) is 0 Å². The molecule has 0 bridgehead atoms. The van der Waals surface area contributed by atoms with Crippen molar-refractivity contribution in [2.75, 3.05) is 13.7 Å². The van der Waals surface area contributed by atoms with Gasteiger partial charge < -0.3 is 15.2 Å². The Hall–Kier alpha value is -1.22. The number of methoxy groups -OCH3 is 1. The van der Waals surface area contributed by atoms with Crippen LogP contribution in [0.2, 0.25) is 0 Å². The first-order chi connectivity index (χ1) is 6.69. The highest BCUT2D eigenvalue weighted by Gasteiger charge is 2.07. The Morgan fingerprint density at radius 3 is 2.57 bits per heavy atom. The number of hydrogen-bond donors (Lipinski definition) is 1. The molecule has 1 aromatic rings.